The van der Waals surface area contributed by atoms with Crippen LogP contribution in [0.25, 0.3) is 0 Å². The first-order valence-electron chi connectivity index (χ1n) is 7.99. The number of ether oxygens (including phenoxy) is 3. The van der Waals surface area contributed by atoms with Gasteiger partial charge in [0.25, 0.3) is 11.6 Å². The molecule has 0 aliphatic carbocycles. The first-order valence-corrected chi connectivity index (χ1v) is 7.99. The van der Waals surface area contributed by atoms with Crippen molar-refractivity contribution in [2.45, 2.75) is 24.7 Å². The number of fused-ring (bicyclic) bond motifs is 2. The van der Waals surface area contributed by atoms with E-state index in [9.17, 15) is 19.7 Å². The van der Waals surface area contributed by atoms with E-state index >= 15 is 0 Å². The van der Waals surface area contributed by atoms with Crippen LogP contribution in [0.5, 0.6) is 5.75 Å². The number of amides is 1. The van der Waals surface area contributed by atoms with E-state index in [1.807, 2.05) is 0 Å². The van der Waals surface area contributed by atoms with Crippen LogP contribution < -0.4 is 4.74 Å². The molecule has 0 aromatic heterocycles. The van der Waals surface area contributed by atoms with Gasteiger partial charge in [-0.25, -0.2) is 0 Å². The standard InChI is InChI=1S/C17H18N2O7/c1-18-13-5-4-11(8-16(20)24-2)26-15(13)9-25-14-6-3-10(19(22)23)7-12(14)17(18)21/h3-7,11,13,15H,8-9H2,1-2H3/t11-,13-,15-/m1/s1. The van der Waals surface area contributed by atoms with Crippen molar-refractivity contribution in [1.82, 2.24) is 4.90 Å². The summed E-state index contributed by atoms with van der Waals surface area (Å²) in [5.41, 5.74) is -0.0509. The van der Waals surface area contributed by atoms with E-state index in [1.54, 1.807) is 19.2 Å². The van der Waals surface area contributed by atoms with Gasteiger partial charge in [0, 0.05) is 19.2 Å². The third-order valence-electron chi connectivity index (χ3n) is 4.42. The van der Waals surface area contributed by atoms with Crippen LogP contribution in [-0.2, 0) is 14.3 Å². The minimum atomic E-state index is -0.559. The summed E-state index contributed by atoms with van der Waals surface area (Å²) in [4.78, 5) is 36.1. The molecule has 2 aliphatic heterocycles. The molecule has 3 atom stereocenters. The monoisotopic (exact) mass is 362 g/mol. The van der Waals surface area contributed by atoms with E-state index in [2.05, 4.69) is 4.74 Å². The number of non-ortho nitro benzene ring substituents is 1. The Morgan fingerprint density at radius 3 is 2.88 bits per heavy atom. The number of carbonyl (C=O) groups is 2. The van der Waals surface area contributed by atoms with Crippen molar-refractivity contribution in [1.29, 1.82) is 0 Å². The van der Waals surface area contributed by atoms with Gasteiger partial charge in [-0.05, 0) is 6.07 Å². The zero-order valence-electron chi connectivity index (χ0n) is 14.3. The topological polar surface area (TPSA) is 108 Å². The maximum atomic E-state index is 12.8. The SMILES string of the molecule is COC(=O)C[C@H]1C=C[C@@H]2[C@@H](COc3ccc([N+](=O)[O-])cc3C(=O)N2C)O1. The fourth-order valence-electron chi connectivity index (χ4n) is 3.01. The lowest BCUT2D eigenvalue weighted by molar-refractivity contribution is -0.384. The molecule has 0 spiro atoms. The molecule has 2 aliphatic rings. The number of carbonyl (C=O) groups excluding carboxylic acids is 2. The smallest absolute Gasteiger partial charge is 0.308 e. The van der Waals surface area contributed by atoms with Gasteiger partial charge >= 0.3 is 5.97 Å². The molecule has 0 unspecified atom stereocenters. The van der Waals surface area contributed by atoms with Crippen LogP contribution in [0, 0.1) is 10.1 Å². The normalized spacial score (nSPS) is 24.6. The molecule has 3 rings (SSSR count). The van der Waals surface area contributed by atoms with Gasteiger partial charge in [-0.3, -0.25) is 19.7 Å². The van der Waals surface area contributed by atoms with Gasteiger partial charge in [0.05, 0.1) is 36.2 Å². The van der Waals surface area contributed by atoms with E-state index in [4.69, 9.17) is 9.47 Å². The van der Waals surface area contributed by atoms with Crippen molar-refractivity contribution in [3.63, 3.8) is 0 Å². The molecule has 0 radical (unpaired) electrons. The number of likely N-dealkylation sites (N-methyl/N-ethyl adjacent to an activating group) is 1. The van der Waals surface area contributed by atoms with Crippen molar-refractivity contribution in [2.24, 2.45) is 0 Å². The average Bonchev–Trinajstić information content (AvgIpc) is 2.64. The lowest BCUT2D eigenvalue weighted by atomic mass is 10.0. The van der Waals surface area contributed by atoms with Gasteiger partial charge in [0.1, 0.15) is 18.5 Å². The minimum absolute atomic E-state index is 0.0661. The number of nitro groups is 1. The molecule has 0 N–H and O–H groups in total. The third-order valence-corrected chi connectivity index (χ3v) is 4.42. The summed E-state index contributed by atoms with van der Waals surface area (Å²) in [5, 5.41) is 11.0. The molecule has 0 saturated heterocycles. The molecule has 138 valence electrons. The molecule has 0 saturated carbocycles. The van der Waals surface area contributed by atoms with Gasteiger partial charge in [-0.15, -0.1) is 0 Å². The molecule has 0 bridgehead atoms. The van der Waals surface area contributed by atoms with Crippen molar-refractivity contribution in [3.05, 3.63) is 46.0 Å². The molecule has 1 aromatic carbocycles. The Hall–Kier alpha value is -2.94. The van der Waals surface area contributed by atoms with Crippen molar-refractivity contribution in [2.75, 3.05) is 20.8 Å². The molecule has 9 heteroatoms. The van der Waals surface area contributed by atoms with Gasteiger partial charge < -0.3 is 19.1 Å². The number of hydrogen-bond acceptors (Lipinski definition) is 7. The number of hydrogen-bond donors (Lipinski definition) is 0. The van der Waals surface area contributed by atoms with E-state index in [1.165, 1.54) is 30.2 Å². The number of benzene rings is 1. The molecular formula is C17H18N2O7. The predicted octanol–water partition coefficient (Wildman–Crippen LogP) is 1.31. The number of rotatable bonds is 3. The Kier molecular flexibility index (Phi) is 4.90. The van der Waals surface area contributed by atoms with E-state index < -0.39 is 35.0 Å². The fourth-order valence-corrected chi connectivity index (χ4v) is 3.01. The van der Waals surface area contributed by atoms with Crippen molar-refractivity contribution in [3.8, 4) is 5.75 Å². The summed E-state index contributed by atoms with van der Waals surface area (Å²) in [6.07, 6.45) is 2.61. The summed E-state index contributed by atoms with van der Waals surface area (Å²) in [5.74, 6) is -0.543. The second kappa shape index (κ2) is 7.12. The Bertz CT molecular complexity index is 776. The molecule has 1 aromatic rings. The van der Waals surface area contributed by atoms with Gasteiger partial charge in [0.15, 0.2) is 0 Å². The maximum absolute atomic E-state index is 12.8. The number of nitro benzene ring substituents is 1. The summed E-state index contributed by atoms with van der Waals surface area (Å²) >= 11 is 0. The maximum Gasteiger partial charge on any atom is 0.308 e. The van der Waals surface area contributed by atoms with Crippen LogP contribution >= 0.6 is 0 Å². The highest BCUT2D eigenvalue weighted by atomic mass is 16.6. The Balaban J connectivity index is 1.88. The average molecular weight is 362 g/mol. The molecule has 26 heavy (non-hydrogen) atoms. The summed E-state index contributed by atoms with van der Waals surface area (Å²) in [7, 11) is 2.90. The first-order chi connectivity index (χ1) is 12.4. The van der Waals surface area contributed by atoms with Gasteiger partial charge in [-0.1, -0.05) is 12.2 Å². The second-order valence-corrected chi connectivity index (χ2v) is 6.03. The van der Waals surface area contributed by atoms with Crippen LogP contribution in [0.4, 0.5) is 5.69 Å². The molecule has 2 heterocycles. The number of nitrogens with zero attached hydrogens (tertiary/aromatic N) is 2. The van der Waals surface area contributed by atoms with Crippen molar-refractivity contribution < 1.29 is 28.7 Å². The van der Waals surface area contributed by atoms with Crippen LogP contribution in [0.15, 0.2) is 30.4 Å². The summed E-state index contributed by atoms with van der Waals surface area (Å²) in [6, 6.07) is 3.49. The lowest BCUT2D eigenvalue weighted by Gasteiger charge is -2.38. The van der Waals surface area contributed by atoms with E-state index in [-0.39, 0.29) is 30.0 Å². The second-order valence-electron chi connectivity index (χ2n) is 6.03. The molecular weight excluding hydrogens is 344 g/mol. The van der Waals surface area contributed by atoms with E-state index in [0.29, 0.717) is 0 Å². The third kappa shape index (κ3) is 3.38. The highest BCUT2D eigenvalue weighted by molar-refractivity contribution is 5.98. The molecule has 1 amide bonds. The van der Waals surface area contributed by atoms with Gasteiger partial charge in [-0.2, -0.15) is 0 Å². The molecule has 9 nitrogen and oxygen atoms in total. The highest BCUT2D eigenvalue weighted by Crippen LogP contribution is 2.30. The predicted molar refractivity (Wildman–Crippen MR) is 88.9 cm³/mol. The number of methoxy groups -OCH3 is 1. The minimum Gasteiger partial charge on any atom is -0.490 e. The fraction of sp³-hybridized carbons (Fsp3) is 0.412. The lowest BCUT2D eigenvalue weighted by Crippen LogP contribution is -2.51. The Morgan fingerprint density at radius 1 is 1.42 bits per heavy atom. The van der Waals surface area contributed by atoms with Crippen LogP contribution in [0.2, 0.25) is 0 Å². The van der Waals surface area contributed by atoms with Gasteiger partial charge in [0.2, 0.25) is 0 Å². The van der Waals surface area contributed by atoms with Crippen LogP contribution in [-0.4, -0.2) is 60.7 Å². The van der Waals surface area contributed by atoms with Crippen LogP contribution in [0.3, 0.4) is 0 Å². The van der Waals surface area contributed by atoms with Crippen molar-refractivity contribution >= 4 is 17.6 Å². The number of esters is 1. The summed E-state index contributed by atoms with van der Waals surface area (Å²) < 4.78 is 16.2. The zero-order chi connectivity index (χ0) is 18.8. The summed E-state index contributed by atoms with van der Waals surface area (Å²) in [6.45, 7) is 0.134. The first kappa shape index (κ1) is 17.9. The molecule has 0 fully saturated rings. The quantitative estimate of drug-likeness (QED) is 0.345. The highest BCUT2D eigenvalue weighted by Gasteiger charge is 2.37. The largest absolute Gasteiger partial charge is 0.490 e. The Labute approximate surface area is 149 Å². The Morgan fingerprint density at radius 2 is 2.19 bits per heavy atom. The van der Waals surface area contributed by atoms with Crippen LogP contribution in [0.1, 0.15) is 16.8 Å². The van der Waals surface area contributed by atoms with E-state index in [0.717, 1.165) is 0 Å². The zero-order valence-corrected chi connectivity index (χ0v) is 14.3.